The van der Waals surface area contributed by atoms with Crippen molar-refractivity contribution in [1.82, 2.24) is 20.4 Å². The van der Waals surface area contributed by atoms with Crippen molar-refractivity contribution in [1.29, 1.82) is 0 Å². The molecule has 0 unspecified atom stereocenters. The largest absolute Gasteiger partial charge is 0.346 e. The number of nitrogens with zero attached hydrogens (tertiary/aromatic N) is 3. The van der Waals surface area contributed by atoms with Gasteiger partial charge in [-0.2, -0.15) is 4.98 Å². The van der Waals surface area contributed by atoms with E-state index in [9.17, 15) is 9.18 Å². The highest BCUT2D eigenvalue weighted by Gasteiger charge is 2.27. The molecule has 1 aromatic heterocycles. The van der Waals surface area contributed by atoms with Gasteiger partial charge in [-0.1, -0.05) is 17.3 Å². The van der Waals surface area contributed by atoms with Crippen molar-refractivity contribution in [2.24, 2.45) is 5.92 Å². The number of rotatable bonds is 5. The first-order valence-electron chi connectivity index (χ1n) is 8.58. The van der Waals surface area contributed by atoms with E-state index < -0.39 is 0 Å². The normalized spacial score (nSPS) is 19.6. The lowest BCUT2D eigenvalue weighted by Gasteiger charge is -2.32. The minimum atomic E-state index is -0.288. The van der Waals surface area contributed by atoms with Crippen molar-refractivity contribution in [3.05, 3.63) is 47.4 Å². The summed E-state index contributed by atoms with van der Waals surface area (Å²) in [6, 6.07) is 6.32. The summed E-state index contributed by atoms with van der Waals surface area (Å²) in [7, 11) is 0. The number of halogens is 1. The average molecular weight is 346 g/mol. The lowest BCUT2D eigenvalue weighted by Crippen LogP contribution is -2.43. The number of hydrogen-bond acceptors (Lipinski definition) is 5. The fourth-order valence-electron chi connectivity index (χ4n) is 3.19. The van der Waals surface area contributed by atoms with Crippen LogP contribution in [0.15, 0.2) is 28.8 Å². The molecule has 1 amide bonds. The molecule has 0 radical (unpaired) electrons. The van der Waals surface area contributed by atoms with Crippen molar-refractivity contribution in [2.75, 3.05) is 13.1 Å². The predicted molar refractivity (Wildman–Crippen MR) is 90.0 cm³/mol. The second kappa shape index (κ2) is 7.74. The molecule has 0 bridgehead atoms. The Kier molecular flexibility index (Phi) is 5.43. The van der Waals surface area contributed by atoms with Gasteiger partial charge in [0.05, 0.1) is 12.0 Å². The maximum atomic E-state index is 13.3. The Balaban J connectivity index is 1.56. The Morgan fingerprint density at radius 3 is 3.08 bits per heavy atom. The molecule has 1 fully saturated rings. The van der Waals surface area contributed by atoms with Crippen LogP contribution in [0.5, 0.6) is 0 Å². The molecule has 6 nitrogen and oxygen atoms in total. The first-order chi connectivity index (χ1) is 12.0. The van der Waals surface area contributed by atoms with E-state index in [1.807, 2.05) is 13.0 Å². The number of hydrogen-bond donors (Lipinski definition) is 1. The average Bonchev–Trinajstić information content (AvgIpc) is 3.02. The lowest BCUT2D eigenvalue weighted by molar-refractivity contribution is -0.127. The van der Waals surface area contributed by atoms with E-state index in [-0.39, 0.29) is 23.7 Å². The van der Waals surface area contributed by atoms with E-state index in [2.05, 4.69) is 20.4 Å². The lowest BCUT2D eigenvalue weighted by atomic mass is 9.96. The van der Waals surface area contributed by atoms with Gasteiger partial charge in [0.2, 0.25) is 11.8 Å². The van der Waals surface area contributed by atoms with Crippen LogP contribution >= 0.6 is 0 Å². The summed E-state index contributed by atoms with van der Waals surface area (Å²) in [5.74, 6) is 0.651. The minimum absolute atomic E-state index is 0.00102. The summed E-state index contributed by atoms with van der Waals surface area (Å²) in [6.07, 6.45) is 1.80. The number of aryl methyl sites for hydroxylation is 1. The number of carbonyl (C=O) groups is 1. The van der Waals surface area contributed by atoms with Gasteiger partial charge < -0.3 is 9.84 Å². The highest BCUT2D eigenvalue weighted by atomic mass is 19.1. The zero-order chi connectivity index (χ0) is 17.8. The number of nitrogens with one attached hydrogen (secondary N) is 1. The summed E-state index contributed by atoms with van der Waals surface area (Å²) in [6.45, 7) is 5.80. The molecule has 3 rings (SSSR count). The molecule has 0 aliphatic carbocycles. The zero-order valence-electron chi connectivity index (χ0n) is 14.5. The molecule has 0 saturated carbocycles. The molecule has 134 valence electrons. The van der Waals surface area contributed by atoms with Crippen LogP contribution < -0.4 is 5.32 Å². The van der Waals surface area contributed by atoms with E-state index in [1.165, 1.54) is 6.07 Å². The first kappa shape index (κ1) is 17.5. The van der Waals surface area contributed by atoms with Gasteiger partial charge >= 0.3 is 0 Å². The highest BCUT2D eigenvalue weighted by molar-refractivity contribution is 5.79. The van der Waals surface area contributed by atoms with Crippen LogP contribution in [0, 0.1) is 18.7 Å². The molecule has 2 heterocycles. The number of aromatic nitrogens is 2. The Morgan fingerprint density at radius 1 is 1.52 bits per heavy atom. The van der Waals surface area contributed by atoms with Crippen molar-refractivity contribution < 1.29 is 13.7 Å². The van der Waals surface area contributed by atoms with Crippen molar-refractivity contribution in [3.63, 3.8) is 0 Å². The van der Waals surface area contributed by atoms with E-state index >= 15 is 0 Å². The van der Waals surface area contributed by atoms with Crippen LogP contribution in [0.1, 0.15) is 43.1 Å². The van der Waals surface area contributed by atoms with Gasteiger partial charge in [-0.15, -0.1) is 0 Å². The van der Waals surface area contributed by atoms with Crippen molar-refractivity contribution in [3.8, 4) is 0 Å². The summed E-state index contributed by atoms with van der Waals surface area (Å²) >= 11 is 0. The highest BCUT2D eigenvalue weighted by Crippen LogP contribution is 2.20. The van der Waals surface area contributed by atoms with E-state index in [0.29, 0.717) is 24.8 Å². The van der Waals surface area contributed by atoms with Crippen molar-refractivity contribution in [2.45, 2.75) is 39.3 Å². The van der Waals surface area contributed by atoms with Crippen molar-refractivity contribution >= 4 is 5.91 Å². The minimum Gasteiger partial charge on any atom is -0.346 e. The molecule has 0 spiro atoms. The second-order valence-corrected chi connectivity index (χ2v) is 6.61. The zero-order valence-corrected chi connectivity index (χ0v) is 14.5. The summed E-state index contributed by atoms with van der Waals surface area (Å²) < 4.78 is 18.3. The molecule has 1 aliphatic heterocycles. The van der Waals surface area contributed by atoms with E-state index in [4.69, 9.17) is 4.52 Å². The van der Waals surface area contributed by atoms with Gasteiger partial charge in [-0.25, -0.2) is 4.39 Å². The number of likely N-dealkylation sites (tertiary alicyclic amines) is 1. The molecule has 1 saturated heterocycles. The molecular weight excluding hydrogens is 323 g/mol. The van der Waals surface area contributed by atoms with Gasteiger partial charge in [0.1, 0.15) is 5.82 Å². The fraction of sp³-hybridized carbons (Fsp3) is 0.500. The smallest absolute Gasteiger partial charge is 0.224 e. The molecule has 1 aliphatic rings. The molecular formula is C18H23FN4O2. The second-order valence-electron chi connectivity index (χ2n) is 6.61. The predicted octanol–water partition coefficient (Wildman–Crippen LogP) is 2.61. The standard InChI is InChI=1S/C18H23FN4O2/c1-12(17-21-13(2)25-22-17)20-18(24)15-6-4-8-23(11-15)10-14-5-3-7-16(19)9-14/h3,5,7,9,12,15H,4,6,8,10-11H2,1-2H3,(H,20,24)/t12-,15+/m1/s1. The monoisotopic (exact) mass is 346 g/mol. The third-order valence-electron chi connectivity index (χ3n) is 4.46. The summed E-state index contributed by atoms with van der Waals surface area (Å²) in [4.78, 5) is 18.9. The Morgan fingerprint density at radius 2 is 2.36 bits per heavy atom. The topological polar surface area (TPSA) is 71.3 Å². The fourth-order valence-corrected chi connectivity index (χ4v) is 3.19. The van der Waals surface area contributed by atoms with Gasteiger partial charge in [-0.05, 0) is 44.0 Å². The maximum Gasteiger partial charge on any atom is 0.224 e. The molecule has 1 N–H and O–H groups in total. The van der Waals surface area contributed by atoms with Crippen LogP contribution in [0.2, 0.25) is 0 Å². The third kappa shape index (κ3) is 4.63. The van der Waals surface area contributed by atoms with E-state index in [0.717, 1.165) is 24.9 Å². The number of amides is 1. The molecule has 1 aromatic carbocycles. The molecule has 2 atom stereocenters. The van der Waals surface area contributed by atoms with Crippen LogP contribution in [-0.4, -0.2) is 34.0 Å². The Bertz CT molecular complexity index is 733. The van der Waals surface area contributed by atoms with Gasteiger partial charge in [0.15, 0.2) is 5.82 Å². The van der Waals surface area contributed by atoms with Gasteiger partial charge in [0, 0.05) is 20.0 Å². The number of piperidine rings is 1. The summed E-state index contributed by atoms with van der Waals surface area (Å²) in [5, 5.41) is 6.81. The van der Waals surface area contributed by atoms with E-state index in [1.54, 1.807) is 19.1 Å². The van der Waals surface area contributed by atoms with Crippen LogP contribution in [0.4, 0.5) is 4.39 Å². The Hall–Kier alpha value is -2.28. The molecule has 2 aromatic rings. The van der Waals surface area contributed by atoms with Crippen LogP contribution in [0.3, 0.4) is 0 Å². The molecule has 7 heteroatoms. The third-order valence-corrected chi connectivity index (χ3v) is 4.46. The summed E-state index contributed by atoms with van der Waals surface area (Å²) in [5.41, 5.74) is 0.927. The first-order valence-corrected chi connectivity index (χ1v) is 8.58. The number of carbonyl (C=O) groups excluding carboxylic acids is 1. The quantitative estimate of drug-likeness (QED) is 0.901. The van der Waals surface area contributed by atoms with Crippen LogP contribution in [-0.2, 0) is 11.3 Å². The molecule has 25 heavy (non-hydrogen) atoms. The maximum absolute atomic E-state index is 13.3. The number of benzene rings is 1. The SMILES string of the molecule is Cc1nc([C@@H](C)NC(=O)[C@H]2CCCN(Cc3cccc(F)c3)C2)no1. The Labute approximate surface area is 146 Å². The van der Waals surface area contributed by atoms with Gasteiger partial charge in [0.25, 0.3) is 0 Å². The van der Waals surface area contributed by atoms with Gasteiger partial charge in [-0.3, -0.25) is 9.69 Å². The van der Waals surface area contributed by atoms with Crippen LogP contribution in [0.25, 0.3) is 0 Å².